The molecule has 4 heteroatoms. The van der Waals surface area contributed by atoms with Crippen LogP contribution in [0.5, 0.6) is 0 Å². The smallest absolute Gasteiger partial charge is 0.223 e. The molecular weight excluding hydrogens is 216 g/mol. The van der Waals surface area contributed by atoms with E-state index in [9.17, 15) is 4.79 Å². The van der Waals surface area contributed by atoms with Gasteiger partial charge in [-0.2, -0.15) is 0 Å². The molecule has 0 radical (unpaired) electrons. The van der Waals surface area contributed by atoms with Crippen LogP contribution in [-0.2, 0) is 4.79 Å². The summed E-state index contributed by atoms with van der Waals surface area (Å²) >= 11 is 0. The number of nitrogens with zero attached hydrogens (tertiary/aromatic N) is 2. The molecule has 100 valence electrons. The van der Waals surface area contributed by atoms with Gasteiger partial charge >= 0.3 is 0 Å². The topological polar surface area (TPSA) is 43.8 Å². The predicted octanol–water partition coefficient (Wildman–Crippen LogP) is 1.09. The molecule has 0 bridgehead atoms. The Labute approximate surface area is 105 Å². The Balaban J connectivity index is 2.27. The first-order chi connectivity index (χ1) is 8.19. The van der Waals surface area contributed by atoms with Crippen molar-refractivity contribution in [2.45, 2.75) is 45.1 Å². The van der Waals surface area contributed by atoms with Crippen LogP contribution in [0.4, 0.5) is 0 Å². The molecule has 4 nitrogen and oxygen atoms in total. The lowest BCUT2D eigenvalue weighted by molar-refractivity contribution is -0.130. The minimum Gasteiger partial charge on any atom is -0.396 e. The van der Waals surface area contributed by atoms with E-state index in [1.807, 2.05) is 14.0 Å². The van der Waals surface area contributed by atoms with Crippen molar-refractivity contribution in [3.63, 3.8) is 0 Å². The van der Waals surface area contributed by atoms with Crippen molar-refractivity contribution in [3.05, 3.63) is 0 Å². The van der Waals surface area contributed by atoms with Crippen LogP contribution in [0, 0.1) is 0 Å². The number of hydrogen-bond donors (Lipinski definition) is 1. The number of rotatable bonds is 7. The number of amides is 1. The molecule has 0 aliphatic carbocycles. The Kier molecular flexibility index (Phi) is 6.52. The van der Waals surface area contributed by atoms with E-state index in [1.54, 1.807) is 4.90 Å². The number of carbonyl (C=O) groups excluding carboxylic acids is 1. The zero-order valence-electron chi connectivity index (χ0n) is 11.2. The zero-order chi connectivity index (χ0) is 12.7. The summed E-state index contributed by atoms with van der Waals surface area (Å²) < 4.78 is 0. The molecule has 0 aromatic heterocycles. The standard InChI is InChI=1S/C13H26N2O2/c1-3-14(2)13(17)8-10-15-9-4-6-12(15)7-5-11-16/h12,16H,3-11H2,1-2H3. The van der Waals surface area contributed by atoms with Crippen LogP contribution in [0.25, 0.3) is 0 Å². The number of hydrogen-bond acceptors (Lipinski definition) is 3. The van der Waals surface area contributed by atoms with Crippen LogP contribution in [0.3, 0.4) is 0 Å². The van der Waals surface area contributed by atoms with E-state index in [-0.39, 0.29) is 12.5 Å². The molecule has 1 atom stereocenters. The highest BCUT2D eigenvalue weighted by molar-refractivity contribution is 5.75. The summed E-state index contributed by atoms with van der Waals surface area (Å²) in [4.78, 5) is 15.9. The molecule has 0 aromatic rings. The van der Waals surface area contributed by atoms with E-state index in [0.29, 0.717) is 12.5 Å². The summed E-state index contributed by atoms with van der Waals surface area (Å²) in [6.45, 7) is 5.05. The van der Waals surface area contributed by atoms with Crippen LogP contribution in [0.1, 0.15) is 39.0 Å². The molecule has 0 spiro atoms. The van der Waals surface area contributed by atoms with Gasteiger partial charge in [-0.1, -0.05) is 0 Å². The van der Waals surface area contributed by atoms with E-state index >= 15 is 0 Å². The number of aliphatic hydroxyl groups excluding tert-OH is 1. The molecule has 17 heavy (non-hydrogen) atoms. The summed E-state index contributed by atoms with van der Waals surface area (Å²) in [6.07, 6.45) is 5.02. The Bertz CT molecular complexity index is 233. The summed E-state index contributed by atoms with van der Waals surface area (Å²) in [5, 5.41) is 8.86. The van der Waals surface area contributed by atoms with Crippen molar-refractivity contribution >= 4 is 5.91 Å². The van der Waals surface area contributed by atoms with Gasteiger partial charge in [0.15, 0.2) is 0 Å². The average molecular weight is 242 g/mol. The van der Waals surface area contributed by atoms with Crippen molar-refractivity contribution in [2.24, 2.45) is 0 Å². The van der Waals surface area contributed by atoms with Crippen molar-refractivity contribution in [2.75, 3.05) is 33.3 Å². The van der Waals surface area contributed by atoms with Gasteiger partial charge < -0.3 is 10.0 Å². The lowest BCUT2D eigenvalue weighted by atomic mass is 10.1. The third-order valence-electron chi connectivity index (χ3n) is 3.71. The minimum atomic E-state index is 0.236. The second-order valence-electron chi connectivity index (χ2n) is 4.86. The Morgan fingerprint density at radius 3 is 2.94 bits per heavy atom. The van der Waals surface area contributed by atoms with E-state index in [2.05, 4.69) is 4.90 Å². The number of carbonyl (C=O) groups is 1. The number of aliphatic hydroxyl groups is 1. The zero-order valence-corrected chi connectivity index (χ0v) is 11.2. The highest BCUT2D eigenvalue weighted by Crippen LogP contribution is 2.21. The molecule has 1 N–H and O–H groups in total. The highest BCUT2D eigenvalue weighted by Gasteiger charge is 2.24. The lowest BCUT2D eigenvalue weighted by Crippen LogP contribution is -2.35. The van der Waals surface area contributed by atoms with Gasteiger partial charge in [-0.05, 0) is 39.2 Å². The highest BCUT2D eigenvalue weighted by atomic mass is 16.2. The fourth-order valence-corrected chi connectivity index (χ4v) is 2.45. The first-order valence-electron chi connectivity index (χ1n) is 6.78. The molecule has 1 fully saturated rings. The van der Waals surface area contributed by atoms with Gasteiger partial charge in [0, 0.05) is 39.2 Å². The predicted molar refractivity (Wildman–Crippen MR) is 68.8 cm³/mol. The van der Waals surface area contributed by atoms with Crippen molar-refractivity contribution < 1.29 is 9.90 Å². The molecule has 0 aromatic carbocycles. The molecule has 0 saturated carbocycles. The van der Waals surface area contributed by atoms with Gasteiger partial charge in [0.05, 0.1) is 0 Å². The van der Waals surface area contributed by atoms with Gasteiger partial charge in [0.1, 0.15) is 0 Å². The molecule has 1 aliphatic heterocycles. The molecule has 1 unspecified atom stereocenters. The van der Waals surface area contributed by atoms with Gasteiger partial charge in [-0.3, -0.25) is 9.69 Å². The second kappa shape index (κ2) is 7.67. The van der Waals surface area contributed by atoms with E-state index in [1.165, 1.54) is 12.8 Å². The summed E-state index contributed by atoms with van der Waals surface area (Å²) in [5.41, 5.74) is 0. The molecule has 1 saturated heterocycles. The van der Waals surface area contributed by atoms with Crippen LogP contribution < -0.4 is 0 Å². The fraction of sp³-hybridized carbons (Fsp3) is 0.923. The monoisotopic (exact) mass is 242 g/mol. The maximum absolute atomic E-state index is 11.7. The quantitative estimate of drug-likeness (QED) is 0.727. The lowest BCUT2D eigenvalue weighted by Gasteiger charge is -2.25. The Morgan fingerprint density at radius 1 is 1.53 bits per heavy atom. The van der Waals surface area contributed by atoms with E-state index in [4.69, 9.17) is 5.11 Å². The maximum atomic E-state index is 11.7. The maximum Gasteiger partial charge on any atom is 0.223 e. The second-order valence-corrected chi connectivity index (χ2v) is 4.86. The molecule has 1 rings (SSSR count). The molecule has 1 heterocycles. The molecule has 1 amide bonds. The Hall–Kier alpha value is -0.610. The van der Waals surface area contributed by atoms with Crippen molar-refractivity contribution in [1.82, 2.24) is 9.80 Å². The fourth-order valence-electron chi connectivity index (χ4n) is 2.45. The third-order valence-corrected chi connectivity index (χ3v) is 3.71. The van der Waals surface area contributed by atoms with Crippen LogP contribution >= 0.6 is 0 Å². The number of likely N-dealkylation sites (tertiary alicyclic amines) is 1. The van der Waals surface area contributed by atoms with Gasteiger partial charge in [0.2, 0.25) is 5.91 Å². The summed E-state index contributed by atoms with van der Waals surface area (Å²) in [6, 6.07) is 0.585. The van der Waals surface area contributed by atoms with Crippen LogP contribution in [0.15, 0.2) is 0 Å². The average Bonchev–Trinajstić information content (AvgIpc) is 2.79. The van der Waals surface area contributed by atoms with Crippen molar-refractivity contribution in [3.8, 4) is 0 Å². The minimum absolute atomic E-state index is 0.236. The van der Waals surface area contributed by atoms with Crippen LogP contribution in [-0.4, -0.2) is 60.1 Å². The third kappa shape index (κ3) is 4.64. The molecule has 1 aliphatic rings. The summed E-state index contributed by atoms with van der Waals surface area (Å²) in [5.74, 6) is 0.236. The largest absolute Gasteiger partial charge is 0.396 e. The first-order valence-corrected chi connectivity index (χ1v) is 6.78. The van der Waals surface area contributed by atoms with Gasteiger partial charge in [0.25, 0.3) is 0 Å². The summed E-state index contributed by atoms with van der Waals surface area (Å²) in [7, 11) is 1.86. The Morgan fingerprint density at radius 2 is 2.29 bits per heavy atom. The normalized spacial score (nSPS) is 20.8. The van der Waals surface area contributed by atoms with Crippen LogP contribution in [0.2, 0.25) is 0 Å². The van der Waals surface area contributed by atoms with Crippen molar-refractivity contribution in [1.29, 1.82) is 0 Å². The SMILES string of the molecule is CCN(C)C(=O)CCN1CCCC1CCCO. The molecular formula is C13H26N2O2. The van der Waals surface area contributed by atoms with Gasteiger partial charge in [-0.15, -0.1) is 0 Å². The van der Waals surface area contributed by atoms with Gasteiger partial charge in [-0.25, -0.2) is 0 Å². The van der Waals surface area contributed by atoms with E-state index in [0.717, 1.165) is 32.5 Å². The first kappa shape index (κ1) is 14.5. The van der Waals surface area contributed by atoms with E-state index < -0.39 is 0 Å².